The number of nitrogens with zero attached hydrogens (tertiary/aromatic N) is 1. The number of hydrogen-bond acceptors (Lipinski definition) is 3. The van der Waals surface area contributed by atoms with E-state index in [1.807, 2.05) is 0 Å². The largest absolute Gasteiger partial charge is 0.371 e. The third-order valence-corrected chi connectivity index (χ3v) is 4.91. The van der Waals surface area contributed by atoms with Crippen molar-refractivity contribution in [2.75, 3.05) is 18.0 Å². The molecule has 1 amide bonds. The SMILES string of the molecule is CCc1cccc(N2CCC(NC(=O)c3ccc[nH]c3=S)CC2)c1. The lowest BCUT2D eigenvalue weighted by molar-refractivity contribution is 0.0930. The van der Waals surface area contributed by atoms with Crippen molar-refractivity contribution in [2.24, 2.45) is 0 Å². The van der Waals surface area contributed by atoms with Gasteiger partial charge in [-0.05, 0) is 49.1 Å². The number of nitrogens with one attached hydrogen (secondary N) is 2. The van der Waals surface area contributed by atoms with E-state index in [2.05, 4.69) is 46.4 Å². The molecule has 2 aromatic rings. The first-order chi connectivity index (χ1) is 11.7. The summed E-state index contributed by atoms with van der Waals surface area (Å²) < 4.78 is 0.490. The van der Waals surface area contributed by atoms with Crippen LogP contribution >= 0.6 is 12.2 Å². The van der Waals surface area contributed by atoms with Crippen molar-refractivity contribution in [3.05, 3.63) is 58.4 Å². The van der Waals surface area contributed by atoms with Crippen LogP contribution < -0.4 is 10.2 Å². The van der Waals surface area contributed by atoms with Crippen LogP contribution in [0.4, 0.5) is 5.69 Å². The van der Waals surface area contributed by atoms with Crippen LogP contribution in [0.1, 0.15) is 35.7 Å². The molecule has 0 bridgehead atoms. The van der Waals surface area contributed by atoms with Gasteiger partial charge in [-0.15, -0.1) is 0 Å². The van der Waals surface area contributed by atoms with Crippen molar-refractivity contribution in [1.29, 1.82) is 0 Å². The molecule has 2 heterocycles. The lowest BCUT2D eigenvalue weighted by atomic mass is 10.0. The van der Waals surface area contributed by atoms with Crippen LogP contribution in [0.15, 0.2) is 42.6 Å². The molecule has 24 heavy (non-hydrogen) atoms. The highest BCUT2D eigenvalue weighted by molar-refractivity contribution is 7.71. The number of rotatable bonds is 4. The third-order valence-electron chi connectivity index (χ3n) is 4.58. The number of anilines is 1. The van der Waals surface area contributed by atoms with E-state index >= 15 is 0 Å². The lowest BCUT2D eigenvalue weighted by Gasteiger charge is -2.34. The Balaban J connectivity index is 1.58. The summed E-state index contributed by atoms with van der Waals surface area (Å²) in [5.41, 5.74) is 3.19. The number of carbonyl (C=O) groups excluding carboxylic acids is 1. The van der Waals surface area contributed by atoms with E-state index in [0.717, 1.165) is 32.4 Å². The van der Waals surface area contributed by atoms with Crippen LogP contribution in [-0.4, -0.2) is 30.0 Å². The number of pyridine rings is 1. The van der Waals surface area contributed by atoms with Crippen molar-refractivity contribution < 1.29 is 4.79 Å². The normalized spacial score (nSPS) is 15.3. The molecule has 0 spiro atoms. The number of aryl methyl sites for hydroxylation is 1. The zero-order valence-electron chi connectivity index (χ0n) is 13.9. The van der Waals surface area contributed by atoms with Gasteiger partial charge in [0.15, 0.2) is 0 Å². The summed E-state index contributed by atoms with van der Waals surface area (Å²) in [5, 5.41) is 3.12. The van der Waals surface area contributed by atoms with Crippen LogP contribution in [0, 0.1) is 4.64 Å². The van der Waals surface area contributed by atoms with Gasteiger partial charge in [0.2, 0.25) is 0 Å². The van der Waals surface area contributed by atoms with E-state index in [-0.39, 0.29) is 11.9 Å². The Kier molecular flexibility index (Phi) is 5.30. The maximum atomic E-state index is 12.4. The summed E-state index contributed by atoms with van der Waals surface area (Å²) in [4.78, 5) is 17.7. The molecule has 5 heteroatoms. The van der Waals surface area contributed by atoms with E-state index in [0.29, 0.717) is 10.2 Å². The average Bonchev–Trinajstić information content (AvgIpc) is 2.62. The van der Waals surface area contributed by atoms with Gasteiger partial charge in [0.25, 0.3) is 5.91 Å². The predicted molar refractivity (Wildman–Crippen MR) is 100 cm³/mol. The predicted octanol–water partition coefficient (Wildman–Crippen LogP) is 3.71. The minimum Gasteiger partial charge on any atom is -0.371 e. The topological polar surface area (TPSA) is 48.1 Å². The van der Waals surface area contributed by atoms with Crippen LogP contribution in [0.5, 0.6) is 0 Å². The Morgan fingerprint density at radius 2 is 2.08 bits per heavy atom. The molecule has 1 fully saturated rings. The Morgan fingerprint density at radius 3 is 2.79 bits per heavy atom. The Labute approximate surface area is 147 Å². The molecular weight excluding hydrogens is 318 g/mol. The van der Waals surface area contributed by atoms with Gasteiger partial charge in [0.1, 0.15) is 4.64 Å². The van der Waals surface area contributed by atoms with Gasteiger partial charge in [-0.2, -0.15) is 0 Å². The smallest absolute Gasteiger partial charge is 0.254 e. The Bertz CT molecular complexity index is 763. The van der Waals surface area contributed by atoms with Gasteiger partial charge >= 0.3 is 0 Å². The number of hydrogen-bond donors (Lipinski definition) is 2. The maximum absolute atomic E-state index is 12.4. The van der Waals surface area contributed by atoms with Gasteiger partial charge in [0.05, 0.1) is 5.56 Å². The van der Waals surface area contributed by atoms with E-state index in [4.69, 9.17) is 12.2 Å². The molecule has 1 aliphatic heterocycles. The van der Waals surface area contributed by atoms with Gasteiger partial charge in [0, 0.05) is 31.0 Å². The molecule has 0 atom stereocenters. The second kappa shape index (κ2) is 7.62. The summed E-state index contributed by atoms with van der Waals surface area (Å²) in [6.45, 7) is 4.09. The number of amides is 1. The molecule has 3 rings (SSSR count). The molecular formula is C19H23N3OS. The van der Waals surface area contributed by atoms with Crippen LogP contribution in [0.2, 0.25) is 0 Å². The summed E-state index contributed by atoms with van der Waals surface area (Å²) in [6.07, 6.45) is 4.69. The van der Waals surface area contributed by atoms with Crippen molar-refractivity contribution >= 4 is 23.8 Å². The monoisotopic (exact) mass is 341 g/mol. The van der Waals surface area contributed by atoms with E-state index in [1.54, 1.807) is 18.3 Å². The highest BCUT2D eigenvalue weighted by atomic mass is 32.1. The first-order valence-electron chi connectivity index (χ1n) is 8.50. The standard InChI is InChI=1S/C19H23N3OS/c1-2-14-5-3-6-16(13-14)22-11-8-15(9-12-22)21-18(23)17-7-4-10-20-19(17)24/h3-7,10,13,15H,2,8-9,11-12H2,1H3,(H,20,24)(H,21,23). The highest BCUT2D eigenvalue weighted by Gasteiger charge is 2.21. The van der Waals surface area contributed by atoms with Gasteiger partial charge in [-0.3, -0.25) is 4.79 Å². The fraction of sp³-hybridized carbons (Fsp3) is 0.368. The summed E-state index contributed by atoms with van der Waals surface area (Å²) in [6, 6.07) is 12.5. The molecule has 1 aliphatic rings. The fourth-order valence-corrected chi connectivity index (χ4v) is 3.35. The number of aromatic nitrogens is 1. The molecule has 4 nitrogen and oxygen atoms in total. The Hall–Kier alpha value is -2.14. The molecule has 2 N–H and O–H groups in total. The van der Waals surface area contributed by atoms with Crippen molar-refractivity contribution in [3.63, 3.8) is 0 Å². The van der Waals surface area contributed by atoms with Crippen LogP contribution in [0.3, 0.4) is 0 Å². The Morgan fingerprint density at radius 1 is 1.29 bits per heavy atom. The maximum Gasteiger partial charge on any atom is 0.254 e. The van der Waals surface area contributed by atoms with Crippen molar-refractivity contribution in [1.82, 2.24) is 10.3 Å². The molecule has 1 saturated heterocycles. The van der Waals surface area contributed by atoms with Crippen molar-refractivity contribution in [2.45, 2.75) is 32.2 Å². The first kappa shape index (κ1) is 16.7. The van der Waals surface area contributed by atoms with E-state index in [9.17, 15) is 4.79 Å². The zero-order valence-corrected chi connectivity index (χ0v) is 14.7. The van der Waals surface area contributed by atoms with E-state index < -0.39 is 0 Å². The highest BCUT2D eigenvalue weighted by Crippen LogP contribution is 2.21. The van der Waals surface area contributed by atoms with Crippen molar-refractivity contribution in [3.8, 4) is 0 Å². The van der Waals surface area contributed by atoms with Gasteiger partial charge < -0.3 is 15.2 Å². The number of carbonyl (C=O) groups is 1. The summed E-state index contributed by atoms with van der Waals surface area (Å²) >= 11 is 5.18. The molecule has 0 unspecified atom stereocenters. The van der Waals surface area contributed by atoms with E-state index in [1.165, 1.54) is 11.3 Å². The number of aromatic amines is 1. The quantitative estimate of drug-likeness (QED) is 0.834. The zero-order chi connectivity index (χ0) is 16.9. The average molecular weight is 341 g/mol. The van der Waals surface area contributed by atoms with Crippen LogP contribution in [-0.2, 0) is 6.42 Å². The summed E-state index contributed by atoms with van der Waals surface area (Å²) in [7, 11) is 0. The number of piperidine rings is 1. The first-order valence-corrected chi connectivity index (χ1v) is 8.90. The second-order valence-corrected chi connectivity index (χ2v) is 6.58. The molecule has 0 saturated carbocycles. The fourth-order valence-electron chi connectivity index (χ4n) is 3.12. The molecule has 0 aliphatic carbocycles. The number of benzene rings is 1. The summed E-state index contributed by atoms with van der Waals surface area (Å²) in [5.74, 6) is -0.0803. The molecule has 126 valence electrons. The minimum absolute atomic E-state index is 0.0803. The molecule has 0 radical (unpaired) electrons. The third kappa shape index (κ3) is 3.85. The minimum atomic E-state index is -0.0803. The lowest BCUT2D eigenvalue weighted by Crippen LogP contribution is -2.44. The second-order valence-electron chi connectivity index (χ2n) is 6.17. The van der Waals surface area contributed by atoms with Gasteiger partial charge in [-0.25, -0.2) is 0 Å². The van der Waals surface area contributed by atoms with Crippen LogP contribution in [0.25, 0.3) is 0 Å². The number of H-pyrrole nitrogens is 1. The molecule has 1 aromatic carbocycles. The molecule has 1 aromatic heterocycles. The van der Waals surface area contributed by atoms with Gasteiger partial charge in [-0.1, -0.05) is 31.3 Å².